The molecule has 0 aliphatic rings. The highest BCUT2D eigenvalue weighted by Gasteiger charge is 2.24. The van der Waals surface area contributed by atoms with Crippen LogP contribution in [0.2, 0.25) is 0 Å². The Morgan fingerprint density at radius 1 is 1.06 bits per heavy atom. The molecule has 0 unspecified atom stereocenters. The number of rotatable bonds is 5. The van der Waals surface area contributed by atoms with Gasteiger partial charge in [-0.2, -0.15) is 0 Å². The van der Waals surface area contributed by atoms with E-state index in [0.29, 0.717) is 0 Å². The Morgan fingerprint density at radius 2 is 1.47 bits per heavy atom. The third-order valence-electron chi connectivity index (χ3n) is 2.25. The van der Waals surface area contributed by atoms with E-state index in [1.54, 1.807) is 0 Å². The van der Waals surface area contributed by atoms with E-state index >= 15 is 0 Å². The van der Waals surface area contributed by atoms with Gasteiger partial charge in [0, 0.05) is 11.5 Å². The molecule has 2 N–H and O–H groups in total. The smallest absolute Gasteiger partial charge is 0.303 e. The van der Waals surface area contributed by atoms with Crippen LogP contribution >= 0.6 is 0 Å². The lowest BCUT2D eigenvalue weighted by Crippen LogP contribution is -2.14. The van der Waals surface area contributed by atoms with Crippen molar-refractivity contribution in [1.82, 2.24) is 0 Å². The molecular weight excluding hydrogens is 234 g/mol. The highest BCUT2D eigenvalue weighted by molar-refractivity contribution is 5.72. The molecule has 0 spiro atoms. The van der Waals surface area contributed by atoms with Gasteiger partial charge in [-0.15, -0.1) is 0 Å². The van der Waals surface area contributed by atoms with Crippen LogP contribution in [-0.4, -0.2) is 22.2 Å². The number of carbonyl (C=O) groups is 2. The normalized spacial score (nSPS) is 10.5. The molecule has 92 valence electrons. The average Bonchev–Trinajstić information content (AvgIpc) is 2.14. The Labute approximate surface area is 95.5 Å². The Kier molecular flexibility index (Phi) is 4.14. The third-order valence-corrected chi connectivity index (χ3v) is 2.25. The summed E-state index contributed by atoms with van der Waals surface area (Å²) in [6.45, 7) is 0. The minimum atomic E-state index is -1.31. The van der Waals surface area contributed by atoms with E-state index < -0.39 is 47.9 Å². The van der Waals surface area contributed by atoms with E-state index in [1.165, 1.54) is 0 Å². The number of hydrogen-bond donors (Lipinski definition) is 2. The van der Waals surface area contributed by atoms with Crippen LogP contribution in [-0.2, 0) is 9.59 Å². The van der Waals surface area contributed by atoms with E-state index in [1.807, 2.05) is 0 Å². The lowest BCUT2D eigenvalue weighted by molar-refractivity contribution is -0.139. The standard InChI is InChI=1S/C11H10F2O4/c12-7-2-1-3-8(13)11(7)6(4-9(14)15)5-10(16)17/h1-3,6H,4-5H2,(H,14,15)(H,16,17). The number of carboxylic acids is 2. The van der Waals surface area contributed by atoms with E-state index in [9.17, 15) is 18.4 Å². The van der Waals surface area contributed by atoms with Gasteiger partial charge in [0.2, 0.25) is 0 Å². The molecular formula is C11H10F2O4. The summed E-state index contributed by atoms with van der Waals surface area (Å²) < 4.78 is 26.8. The molecule has 0 radical (unpaired) electrons. The van der Waals surface area contributed by atoms with Gasteiger partial charge >= 0.3 is 11.9 Å². The summed E-state index contributed by atoms with van der Waals surface area (Å²) in [5.41, 5.74) is -0.489. The van der Waals surface area contributed by atoms with Gasteiger partial charge in [-0.3, -0.25) is 9.59 Å². The maximum atomic E-state index is 13.4. The van der Waals surface area contributed by atoms with Gasteiger partial charge in [0.1, 0.15) is 11.6 Å². The molecule has 4 nitrogen and oxygen atoms in total. The number of halogens is 2. The van der Waals surface area contributed by atoms with Crippen molar-refractivity contribution in [2.24, 2.45) is 0 Å². The van der Waals surface area contributed by atoms with Crippen molar-refractivity contribution in [3.63, 3.8) is 0 Å². The van der Waals surface area contributed by atoms with Gasteiger partial charge in [-0.25, -0.2) is 8.78 Å². The zero-order chi connectivity index (χ0) is 13.0. The van der Waals surface area contributed by atoms with Gasteiger partial charge in [-0.05, 0) is 12.1 Å². The fourth-order valence-corrected chi connectivity index (χ4v) is 1.60. The fourth-order valence-electron chi connectivity index (χ4n) is 1.60. The van der Waals surface area contributed by atoms with Crippen LogP contribution in [0.25, 0.3) is 0 Å². The molecule has 0 aliphatic carbocycles. The molecule has 0 saturated carbocycles. The van der Waals surface area contributed by atoms with E-state index in [0.717, 1.165) is 18.2 Å². The monoisotopic (exact) mass is 244 g/mol. The van der Waals surface area contributed by atoms with E-state index in [4.69, 9.17) is 10.2 Å². The second-order valence-corrected chi connectivity index (χ2v) is 3.53. The van der Waals surface area contributed by atoms with Gasteiger partial charge in [-0.1, -0.05) is 6.07 Å². The van der Waals surface area contributed by atoms with Crippen LogP contribution in [0.3, 0.4) is 0 Å². The number of aliphatic carboxylic acids is 2. The quantitative estimate of drug-likeness (QED) is 0.830. The summed E-state index contributed by atoms with van der Waals surface area (Å²) in [6.07, 6.45) is -1.27. The molecule has 0 fully saturated rings. The largest absolute Gasteiger partial charge is 0.481 e. The molecule has 0 bridgehead atoms. The molecule has 0 amide bonds. The van der Waals surface area contributed by atoms with Crippen molar-refractivity contribution < 1.29 is 28.6 Å². The molecule has 6 heteroatoms. The van der Waals surface area contributed by atoms with Crippen LogP contribution in [0.15, 0.2) is 18.2 Å². The van der Waals surface area contributed by atoms with Crippen molar-refractivity contribution in [2.45, 2.75) is 18.8 Å². The highest BCUT2D eigenvalue weighted by Crippen LogP contribution is 2.28. The first-order chi connectivity index (χ1) is 7.91. The Hall–Kier alpha value is -1.98. The lowest BCUT2D eigenvalue weighted by Gasteiger charge is -2.14. The van der Waals surface area contributed by atoms with E-state index in [2.05, 4.69) is 0 Å². The highest BCUT2D eigenvalue weighted by atomic mass is 19.1. The molecule has 0 heterocycles. The predicted molar refractivity (Wildman–Crippen MR) is 53.6 cm³/mol. The number of benzene rings is 1. The van der Waals surface area contributed by atoms with Crippen LogP contribution < -0.4 is 0 Å². The predicted octanol–water partition coefficient (Wildman–Crippen LogP) is 2.00. The fraction of sp³-hybridized carbons (Fsp3) is 0.273. The molecule has 1 aromatic rings. The SMILES string of the molecule is O=C(O)CC(CC(=O)O)c1c(F)cccc1F. The average molecular weight is 244 g/mol. The van der Waals surface area contributed by atoms with Crippen molar-refractivity contribution >= 4 is 11.9 Å². The summed E-state index contributed by atoms with van der Waals surface area (Å²) in [5.74, 6) is -5.70. The molecule has 0 atom stereocenters. The summed E-state index contributed by atoms with van der Waals surface area (Å²) >= 11 is 0. The van der Waals surface area contributed by atoms with Gasteiger partial charge < -0.3 is 10.2 Å². The third kappa shape index (κ3) is 3.51. The second kappa shape index (κ2) is 5.38. The first-order valence-corrected chi connectivity index (χ1v) is 4.79. The van der Waals surface area contributed by atoms with Crippen LogP contribution in [0.1, 0.15) is 24.3 Å². The molecule has 17 heavy (non-hydrogen) atoms. The zero-order valence-electron chi connectivity index (χ0n) is 8.69. The van der Waals surface area contributed by atoms with Crippen LogP contribution in [0.5, 0.6) is 0 Å². The van der Waals surface area contributed by atoms with Crippen molar-refractivity contribution in [3.8, 4) is 0 Å². The first-order valence-electron chi connectivity index (χ1n) is 4.79. The van der Waals surface area contributed by atoms with E-state index in [-0.39, 0.29) is 0 Å². The molecule has 1 rings (SSSR count). The zero-order valence-corrected chi connectivity index (χ0v) is 8.69. The van der Waals surface area contributed by atoms with Gasteiger partial charge in [0.25, 0.3) is 0 Å². The minimum Gasteiger partial charge on any atom is -0.481 e. The Bertz CT molecular complexity index is 409. The van der Waals surface area contributed by atoms with Gasteiger partial charge in [0.15, 0.2) is 0 Å². The van der Waals surface area contributed by atoms with Crippen molar-refractivity contribution in [1.29, 1.82) is 0 Å². The topological polar surface area (TPSA) is 74.6 Å². The minimum absolute atomic E-state index is 0.489. The molecule has 0 aromatic heterocycles. The second-order valence-electron chi connectivity index (χ2n) is 3.53. The maximum Gasteiger partial charge on any atom is 0.303 e. The number of hydrogen-bond acceptors (Lipinski definition) is 2. The molecule has 1 aromatic carbocycles. The van der Waals surface area contributed by atoms with Crippen LogP contribution in [0.4, 0.5) is 8.78 Å². The summed E-state index contributed by atoms with van der Waals surface area (Å²) in [4.78, 5) is 21.1. The summed E-state index contributed by atoms with van der Waals surface area (Å²) in [6, 6.07) is 3.07. The number of carboxylic acid groups (broad SMARTS) is 2. The molecule has 0 aliphatic heterocycles. The summed E-state index contributed by atoms with van der Waals surface area (Å²) in [7, 11) is 0. The maximum absolute atomic E-state index is 13.4. The molecule has 0 saturated heterocycles. The first kappa shape index (κ1) is 13.1. The Morgan fingerprint density at radius 3 is 1.82 bits per heavy atom. The van der Waals surface area contributed by atoms with Gasteiger partial charge in [0.05, 0.1) is 12.8 Å². The Balaban J connectivity index is 3.11. The van der Waals surface area contributed by atoms with Crippen molar-refractivity contribution in [2.75, 3.05) is 0 Å². The lowest BCUT2D eigenvalue weighted by atomic mass is 9.91. The van der Waals surface area contributed by atoms with Crippen molar-refractivity contribution in [3.05, 3.63) is 35.4 Å². The summed E-state index contributed by atoms with van der Waals surface area (Å²) in [5, 5.41) is 17.2. The van der Waals surface area contributed by atoms with Crippen LogP contribution in [0, 0.1) is 11.6 Å².